The number of nitrogens with one attached hydrogen (secondary N) is 3. The van der Waals surface area contributed by atoms with Gasteiger partial charge in [0.2, 0.25) is 10.0 Å². The molecule has 5 N–H and O–H groups in total. The Kier molecular flexibility index (Phi) is 9.01. The highest BCUT2D eigenvalue weighted by atomic mass is 32.2. The second-order valence-corrected chi connectivity index (χ2v) is 9.58. The van der Waals surface area contributed by atoms with Crippen molar-refractivity contribution in [3.8, 4) is 16.9 Å². The van der Waals surface area contributed by atoms with Crippen LogP contribution in [0.15, 0.2) is 77.7 Å². The van der Waals surface area contributed by atoms with Crippen LogP contribution in [0.4, 0.5) is 10.5 Å². The van der Waals surface area contributed by atoms with Gasteiger partial charge in [-0.1, -0.05) is 55.5 Å². The van der Waals surface area contributed by atoms with E-state index in [4.69, 9.17) is 0 Å². The lowest BCUT2D eigenvalue weighted by molar-refractivity contribution is -0.140. The largest absolute Gasteiger partial charge is 0.481 e. The molecule has 0 aliphatic rings. The SMILES string of the molecule is CCCNC(=O)Nc1ccc(-c2ccc(OO)c(S(=O)(=O)NC(CC(=O)O)c3ccccc3)c2)cc1. The summed E-state index contributed by atoms with van der Waals surface area (Å²) in [6.45, 7) is 2.49. The second kappa shape index (κ2) is 12.2. The number of sulfonamides is 1. The number of carboxylic acids is 1. The molecule has 0 radical (unpaired) electrons. The molecular formula is C25H27N3O7S. The van der Waals surface area contributed by atoms with Crippen LogP contribution in [0, 0.1) is 0 Å². The third kappa shape index (κ3) is 7.04. The van der Waals surface area contributed by atoms with E-state index in [1.807, 2.05) is 6.92 Å². The van der Waals surface area contributed by atoms with Crippen molar-refractivity contribution < 1.29 is 33.3 Å². The maximum atomic E-state index is 13.3. The summed E-state index contributed by atoms with van der Waals surface area (Å²) >= 11 is 0. The minimum absolute atomic E-state index is 0.320. The van der Waals surface area contributed by atoms with Gasteiger partial charge in [0.1, 0.15) is 4.90 Å². The van der Waals surface area contributed by atoms with Crippen LogP contribution in [0.1, 0.15) is 31.4 Å². The number of hydrogen-bond acceptors (Lipinski definition) is 6. The molecule has 0 saturated heterocycles. The number of urea groups is 1. The topological polar surface area (TPSA) is 154 Å². The molecule has 0 saturated carbocycles. The summed E-state index contributed by atoms with van der Waals surface area (Å²) in [5.41, 5.74) is 2.15. The standard InChI is InChI=1S/C25H27N3O7S/c1-2-14-26-25(31)27-20-11-8-17(9-12-20)19-10-13-22(35-32)23(15-19)36(33,34)28-21(16-24(29)30)18-6-4-3-5-7-18/h3-13,15,21,28,32H,2,14,16H2,1H3,(H,29,30)(H2,26,27,31). The number of hydrogen-bond donors (Lipinski definition) is 5. The molecule has 3 aromatic rings. The highest BCUT2D eigenvalue weighted by Crippen LogP contribution is 2.32. The van der Waals surface area contributed by atoms with E-state index >= 15 is 0 Å². The predicted octanol–water partition coefficient (Wildman–Crippen LogP) is 4.23. The lowest BCUT2D eigenvalue weighted by Gasteiger charge is -2.19. The molecule has 3 aromatic carbocycles. The molecule has 36 heavy (non-hydrogen) atoms. The minimum Gasteiger partial charge on any atom is -0.481 e. The van der Waals surface area contributed by atoms with Gasteiger partial charge in [0.05, 0.1) is 12.5 Å². The van der Waals surface area contributed by atoms with Crippen LogP contribution in [0.5, 0.6) is 5.75 Å². The van der Waals surface area contributed by atoms with Crippen molar-refractivity contribution in [1.29, 1.82) is 0 Å². The number of benzene rings is 3. The summed E-state index contributed by atoms with van der Waals surface area (Å²) < 4.78 is 28.9. The maximum absolute atomic E-state index is 13.3. The summed E-state index contributed by atoms with van der Waals surface area (Å²) in [4.78, 5) is 27.2. The first-order valence-corrected chi connectivity index (χ1v) is 12.6. The van der Waals surface area contributed by atoms with Gasteiger partial charge < -0.3 is 20.6 Å². The van der Waals surface area contributed by atoms with Gasteiger partial charge in [0, 0.05) is 12.2 Å². The van der Waals surface area contributed by atoms with Crippen molar-refractivity contribution in [2.45, 2.75) is 30.7 Å². The lowest BCUT2D eigenvalue weighted by Crippen LogP contribution is -2.30. The Hall–Kier alpha value is -3.93. The summed E-state index contributed by atoms with van der Waals surface area (Å²) in [6.07, 6.45) is 0.320. The third-order valence-corrected chi connectivity index (χ3v) is 6.71. The highest BCUT2D eigenvalue weighted by Gasteiger charge is 2.27. The van der Waals surface area contributed by atoms with Gasteiger partial charge in [0.25, 0.3) is 0 Å². The van der Waals surface area contributed by atoms with Gasteiger partial charge in [0.15, 0.2) is 5.75 Å². The zero-order chi connectivity index (χ0) is 26.1. The van der Waals surface area contributed by atoms with Crippen LogP contribution in [-0.4, -0.2) is 37.3 Å². The fourth-order valence-corrected chi connectivity index (χ4v) is 4.84. The average Bonchev–Trinajstić information content (AvgIpc) is 2.87. The van der Waals surface area contributed by atoms with Crippen molar-refractivity contribution in [3.05, 3.63) is 78.4 Å². The fraction of sp³-hybridized carbons (Fsp3) is 0.200. The Morgan fingerprint density at radius 1 is 0.972 bits per heavy atom. The molecule has 10 nitrogen and oxygen atoms in total. The number of carbonyl (C=O) groups is 2. The molecule has 3 rings (SSSR count). The van der Waals surface area contributed by atoms with Crippen LogP contribution >= 0.6 is 0 Å². The Morgan fingerprint density at radius 3 is 2.25 bits per heavy atom. The van der Waals surface area contributed by atoms with Crippen molar-refractivity contribution >= 4 is 27.7 Å². The molecule has 0 fully saturated rings. The normalized spacial score (nSPS) is 11.9. The summed E-state index contributed by atoms with van der Waals surface area (Å²) in [6, 6.07) is 17.8. The van der Waals surface area contributed by atoms with E-state index in [0.29, 0.717) is 28.9 Å². The molecule has 0 bridgehead atoms. The van der Waals surface area contributed by atoms with Gasteiger partial charge in [-0.3, -0.25) is 4.79 Å². The Morgan fingerprint density at radius 2 is 1.64 bits per heavy atom. The van der Waals surface area contributed by atoms with E-state index in [-0.39, 0.29) is 16.7 Å². The van der Waals surface area contributed by atoms with E-state index in [1.165, 1.54) is 12.1 Å². The first-order chi connectivity index (χ1) is 17.2. The van der Waals surface area contributed by atoms with E-state index < -0.39 is 28.5 Å². The van der Waals surface area contributed by atoms with Gasteiger partial charge >= 0.3 is 12.0 Å². The molecule has 1 atom stereocenters. The summed E-state index contributed by atoms with van der Waals surface area (Å²) in [5, 5.41) is 24.0. The molecule has 0 aromatic heterocycles. The van der Waals surface area contributed by atoms with Crippen LogP contribution in [0.25, 0.3) is 11.1 Å². The number of anilines is 1. The van der Waals surface area contributed by atoms with Crippen molar-refractivity contribution in [3.63, 3.8) is 0 Å². The lowest BCUT2D eigenvalue weighted by atomic mass is 10.1. The summed E-state index contributed by atoms with van der Waals surface area (Å²) in [5.74, 6) is -1.50. The van der Waals surface area contributed by atoms with E-state index in [9.17, 15) is 28.4 Å². The van der Waals surface area contributed by atoms with E-state index in [0.717, 1.165) is 6.42 Å². The van der Waals surface area contributed by atoms with Gasteiger partial charge in [-0.25, -0.2) is 23.2 Å². The van der Waals surface area contributed by atoms with Crippen LogP contribution in [-0.2, 0) is 14.8 Å². The van der Waals surface area contributed by atoms with Crippen molar-refractivity contribution in [1.82, 2.24) is 10.0 Å². The first-order valence-electron chi connectivity index (χ1n) is 11.1. The van der Waals surface area contributed by atoms with Crippen molar-refractivity contribution in [2.24, 2.45) is 0 Å². The Bertz CT molecular complexity index is 1300. The number of carbonyl (C=O) groups excluding carboxylic acids is 1. The monoisotopic (exact) mass is 513 g/mol. The zero-order valence-electron chi connectivity index (χ0n) is 19.5. The number of rotatable bonds is 11. The molecule has 0 spiro atoms. The van der Waals surface area contributed by atoms with Gasteiger partial charge in [-0.15, -0.1) is 0 Å². The number of amides is 2. The molecule has 190 valence electrons. The predicted molar refractivity (Wildman–Crippen MR) is 134 cm³/mol. The second-order valence-electron chi connectivity index (χ2n) is 7.89. The highest BCUT2D eigenvalue weighted by molar-refractivity contribution is 7.89. The number of carboxylic acid groups (broad SMARTS) is 1. The minimum atomic E-state index is -4.32. The fourth-order valence-electron chi connectivity index (χ4n) is 3.47. The Labute approximate surface area is 208 Å². The number of aliphatic carboxylic acids is 1. The smallest absolute Gasteiger partial charge is 0.319 e. The molecule has 11 heteroatoms. The molecule has 0 aliphatic heterocycles. The van der Waals surface area contributed by atoms with Gasteiger partial charge in [-0.2, -0.15) is 0 Å². The van der Waals surface area contributed by atoms with Crippen molar-refractivity contribution in [2.75, 3.05) is 11.9 Å². The Balaban J connectivity index is 1.89. The quantitative estimate of drug-likeness (QED) is 0.190. The molecule has 0 heterocycles. The van der Waals surface area contributed by atoms with Crippen LogP contribution in [0.3, 0.4) is 0 Å². The third-order valence-electron chi connectivity index (χ3n) is 5.22. The molecular weight excluding hydrogens is 486 g/mol. The maximum Gasteiger partial charge on any atom is 0.319 e. The van der Waals surface area contributed by atoms with E-state index in [2.05, 4.69) is 20.2 Å². The average molecular weight is 514 g/mol. The molecule has 2 amide bonds. The molecule has 0 aliphatic carbocycles. The molecule has 1 unspecified atom stereocenters. The first kappa shape index (κ1) is 26.7. The van der Waals surface area contributed by atoms with Crippen LogP contribution in [0.2, 0.25) is 0 Å². The van der Waals surface area contributed by atoms with Gasteiger partial charge in [-0.05, 0) is 47.4 Å². The van der Waals surface area contributed by atoms with E-state index in [1.54, 1.807) is 60.7 Å². The van der Waals surface area contributed by atoms with Crippen LogP contribution < -0.4 is 20.2 Å². The zero-order valence-corrected chi connectivity index (χ0v) is 20.3. The summed E-state index contributed by atoms with van der Waals surface area (Å²) in [7, 11) is -4.32.